The van der Waals surface area contributed by atoms with Crippen LogP contribution >= 0.6 is 0 Å². The van der Waals surface area contributed by atoms with Gasteiger partial charge in [0.25, 0.3) is 23.6 Å². The molecule has 12 rings (SSSR count). The van der Waals surface area contributed by atoms with Crippen molar-refractivity contribution in [1.29, 1.82) is 0 Å². The molecule has 0 aromatic heterocycles. The molecule has 0 spiro atoms. The normalized spacial score (nSPS) is 23.9. The molecule has 6 aromatic carbocycles. The highest BCUT2D eigenvalue weighted by molar-refractivity contribution is 6.08. The number of carbonyl (C=O) groups excluding carboxylic acids is 14. The lowest BCUT2D eigenvalue weighted by Crippen LogP contribution is -2.65. The zero-order valence-corrected chi connectivity index (χ0v) is 83.1. The Bertz CT molecular complexity index is 5340. The number of fused-ring (bicyclic) bond motifs is 6. The summed E-state index contributed by atoms with van der Waals surface area (Å²) in [7, 11) is 0. The van der Waals surface area contributed by atoms with Crippen molar-refractivity contribution in [2.24, 2.45) is 11.8 Å². The number of piperazine rings is 2. The Labute approximate surface area is 826 Å². The second-order valence-corrected chi connectivity index (χ2v) is 40.8. The molecule has 6 heterocycles. The van der Waals surface area contributed by atoms with Crippen molar-refractivity contribution >= 4 is 106 Å². The van der Waals surface area contributed by atoms with E-state index in [0.717, 1.165) is 11.4 Å². The van der Waals surface area contributed by atoms with Crippen LogP contribution in [0.15, 0.2) is 133 Å². The standard InChI is InChI=1S/C104H136N18O20/c1-57(2)49-77-91(131)111-79(53-83(125)126)93(133)113-85(61(7)123)97(137)107-59(5)87(99(139)115-103(9,10)11)121-39-19-25-81(121)95(135)105-55-67-51-65(89(129)109-77)31-37-71(67)63-27-33-69(34-28-63)117-41-45-119(46-42-117)101(141)75-23-17-15-21-73(75)74-22-16-18-24-76(74)102(142)120-47-43-118(44-48-120)70-35-29-64(30-36-70)72-38-32-66-52-68(72)56-106-96(136)82-26-20-40-122(82)88(100(140)116-104(12,13)14)60(6)108-98(138)86(62(8)124)114-94(134)80(54-84(127)128)112-92(132)78(50-58(3)4)110-90(66)130/h15-18,21-24,27-38,51-52,57-62,77-82,85-88,123-124H,19-20,25-26,39-50,53-56H2,1-14H3,(H,105,135)(H,106,136)(H,107,137)(H,108,138)(H,109,129)(H,110,130)(H,111,131)(H,112,132)(H,113,133)(H,114,134)(H,115,139)(H,116,140)(H,125,126)(H,127,128). The molecule has 38 heteroatoms. The summed E-state index contributed by atoms with van der Waals surface area (Å²) in [6, 6.07) is 23.8. The van der Waals surface area contributed by atoms with E-state index in [1.54, 1.807) is 163 Å². The van der Waals surface area contributed by atoms with Gasteiger partial charge < -0.3 is 104 Å². The first-order chi connectivity index (χ1) is 67.2. The second-order valence-electron chi connectivity index (χ2n) is 40.8. The number of benzene rings is 6. The van der Waals surface area contributed by atoms with Crippen LogP contribution in [0.2, 0.25) is 0 Å². The van der Waals surface area contributed by atoms with Crippen molar-refractivity contribution in [3.8, 4) is 33.4 Å². The van der Waals surface area contributed by atoms with Crippen molar-refractivity contribution in [2.45, 2.75) is 257 Å². The van der Waals surface area contributed by atoms with Gasteiger partial charge in [0.05, 0.1) is 49.2 Å². The smallest absolute Gasteiger partial charge is 0.305 e. The van der Waals surface area contributed by atoms with Gasteiger partial charge in [-0.15, -0.1) is 0 Å². The number of hydrogen-bond donors (Lipinski definition) is 16. The summed E-state index contributed by atoms with van der Waals surface area (Å²) in [5.74, 6) is -13.1. The van der Waals surface area contributed by atoms with Crippen LogP contribution in [0.1, 0.15) is 201 Å². The van der Waals surface area contributed by atoms with Gasteiger partial charge in [-0.25, -0.2) is 0 Å². The molecule has 6 aliphatic rings. The Morgan fingerprint density at radius 2 is 0.711 bits per heavy atom. The molecule has 0 radical (unpaired) electrons. The zero-order valence-electron chi connectivity index (χ0n) is 83.1. The average molecular weight is 1960 g/mol. The number of aliphatic hydroxyl groups is 2. The van der Waals surface area contributed by atoms with E-state index < -0.39 is 191 Å². The predicted molar refractivity (Wildman–Crippen MR) is 531 cm³/mol. The van der Waals surface area contributed by atoms with Crippen molar-refractivity contribution in [3.05, 3.63) is 167 Å². The summed E-state index contributed by atoms with van der Waals surface area (Å²) in [4.78, 5) is 239. The lowest BCUT2D eigenvalue weighted by Gasteiger charge is -2.37. The third kappa shape index (κ3) is 27.1. The summed E-state index contributed by atoms with van der Waals surface area (Å²) in [6.07, 6.45) is -3.32. The van der Waals surface area contributed by atoms with E-state index >= 15 is 0 Å². The van der Waals surface area contributed by atoms with Crippen molar-refractivity contribution in [1.82, 2.24) is 83.4 Å². The fourth-order valence-corrected chi connectivity index (χ4v) is 19.4. The van der Waals surface area contributed by atoms with E-state index in [2.05, 4.69) is 73.6 Å². The third-order valence-corrected chi connectivity index (χ3v) is 26.4. The van der Waals surface area contributed by atoms with Crippen LogP contribution in [0.5, 0.6) is 0 Å². The summed E-state index contributed by atoms with van der Waals surface area (Å²) in [5.41, 5.74) is 6.02. The van der Waals surface area contributed by atoms with Crippen molar-refractivity contribution in [3.63, 3.8) is 0 Å². The molecule has 14 unspecified atom stereocenters. The van der Waals surface area contributed by atoms with E-state index in [0.29, 0.717) is 134 Å². The van der Waals surface area contributed by atoms with E-state index in [-0.39, 0.29) is 73.8 Å². The van der Waals surface area contributed by atoms with Crippen molar-refractivity contribution < 1.29 is 97.1 Å². The molecular formula is C104H136N18O20. The number of carbonyl (C=O) groups is 16. The van der Waals surface area contributed by atoms with Crippen molar-refractivity contribution in [2.75, 3.05) is 75.2 Å². The predicted octanol–water partition coefficient (Wildman–Crippen LogP) is 4.32. The number of hydrogen-bond acceptors (Lipinski definition) is 22. The number of amides is 14. The number of aliphatic carboxylic acids is 2. The minimum absolute atomic E-state index is 0.0433. The monoisotopic (exact) mass is 1960 g/mol. The summed E-state index contributed by atoms with van der Waals surface area (Å²) < 4.78 is 0. The summed E-state index contributed by atoms with van der Waals surface area (Å²) in [5, 5.41) is 74.8. The van der Waals surface area contributed by atoms with Crippen LogP contribution in [0.25, 0.3) is 33.4 Å². The number of rotatable bonds is 19. The van der Waals surface area contributed by atoms with Gasteiger partial charge in [-0.1, -0.05) is 100 Å². The van der Waals surface area contributed by atoms with Crippen LogP contribution in [0, 0.1) is 11.8 Å². The first-order valence-corrected chi connectivity index (χ1v) is 48.9. The number of anilines is 2. The largest absolute Gasteiger partial charge is 0.481 e. The maximum absolute atomic E-state index is 15.0. The molecule has 142 heavy (non-hydrogen) atoms. The highest BCUT2D eigenvalue weighted by atomic mass is 16.4. The van der Waals surface area contributed by atoms with Gasteiger partial charge in [-0.2, -0.15) is 0 Å². The van der Waals surface area contributed by atoms with E-state index in [9.17, 15) is 97.1 Å². The molecule has 14 atom stereocenters. The Morgan fingerprint density at radius 3 is 1.04 bits per heavy atom. The van der Waals surface area contributed by atoms with Gasteiger partial charge in [0.15, 0.2) is 0 Å². The van der Waals surface area contributed by atoms with Crippen LogP contribution < -0.4 is 73.6 Å². The number of carboxylic acid groups (broad SMARTS) is 2. The van der Waals surface area contributed by atoms with Gasteiger partial charge in [0, 0.05) is 110 Å². The second kappa shape index (κ2) is 46.8. The van der Waals surface area contributed by atoms with E-state index in [1.807, 2.05) is 72.8 Å². The number of nitrogens with zero attached hydrogens (tertiary/aromatic N) is 6. The van der Waals surface area contributed by atoms with Crippen LogP contribution in [0.3, 0.4) is 0 Å². The van der Waals surface area contributed by atoms with Crippen LogP contribution in [-0.4, -0.2) is 296 Å². The summed E-state index contributed by atoms with van der Waals surface area (Å²) in [6.45, 7) is 26.9. The lowest BCUT2D eigenvalue weighted by atomic mass is 9.93. The highest BCUT2D eigenvalue weighted by Gasteiger charge is 2.47. The highest BCUT2D eigenvalue weighted by Crippen LogP contribution is 2.36. The first-order valence-electron chi connectivity index (χ1n) is 48.9. The molecule has 14 amide bonds. The SMILES string of the molecule is CC(C)CC1NC(=O)c2ccc(-c3ccc(N4CCN(C(=O)c5ccccc5-c5ccccc5C(=O)N5CCN(c6ccc(-c7ccc8cc7CNC(=O)C7CCCN7C(C(=O)NC(C)(C)C)C(C)NC(=O)C(C(C)O)NC(=O)C(CC(=O)O)NC(=O)C(CC(C)C)NC8=O)cc6)CC5)CC4)cc3)c(c2)CNC(=O)C2CCCN2C(C(=O)NC(C)(C)C)C(C)NC(=O)C(C(C)O)NC(=O)C(CC(=O)O)NC1=O. The fraction of sp³-hybridized carbons (Fsp3) is 0.500. The molecule has 4 fully saturated rings. The van der Waals surface area contributed by atoms with E-state index in [1.165, 1.54) is 13.8 Å². The minimum atomic E-state index is -1.79. The summed E-state index contributed by atoms with van der Waals surface area (Å²) >= 11 is 0. The van der Waals surface area contributed by atoms with E-state index in [4.69, 9.17) is 0 Å². The third-order valence-electron chi connectivity index (χ3n) is 26.4. The molecule has 6 aliphatic heterocycles. The number of aliphatic hydroxyl groups excluding tert-OH is 2. The lowest BCUT2D eigenvalue weighted by molar-refractivity contribution is -0.142. The van der Waals surface area contributed by atoms with Gasteiger partial charge in [0.2, 0.25) is 59.1 Å². The van der Waals surface area contributed by atoms with Gasteiger partial charge in [0.1, 0.15) is 48.3 Å². The minimum Gasteiger partial charge on any atom is -0.481 e. The van der Waals surface area contributed by atoms with Gasteiger partial charge in [-0.3, -0.25) is 86.5 Å². The Morgan fingerprint density at radius 1 is 0.380 bits per heavy atom. The van der Waals surface area contributed by atoms with Gasteiger partial charge >= 0.3 is 11.9 Å². The fourth-order valence-electron chi connectivity index (χ4n) is 19.4. The average Bonchev–Trinajstić information content (AvgIpc) is 0.936. The Hall–Kier alpha value is -13.7. The molecule has 16 N–H and O–H groups in total. The molecule has 4 bridgehead atoms. The molecular weight excluding hydrogens is 1820 g/mol. The quantitative estimate of drug-likeness (QED) is 0.0537. The molecule has 0 aliphatic carbocycles. The maximum Gasteiger partial charge on any atom is 0.305 e. The van der Waals surface area contributed by atoms with Gasteiger partial charge in [-0.05, 0) is 238 Å². The van der Waals surface area contributed by atoms with Crippen LogP contribution in [-0.2, 0) is 70.6 Å². The number of nitrogens with one attached hydrogen (secondary N) is 12. The zero-order chi connectivity index (χ0) is 103. The first kappa shape index (κ1) is 107. The molecule has 4 saturated heterocycles. The van der Waals surface area contributed by atoms with Crippen LogP contribution in [0.4, 0.5) is 11.4 Å². The Kier molecular flexibility index (Phi) is 35.3. The molecule has 38 nitrogen and oxygen atoms in total. The number of carboxylic acids is 2. The molecule has 762 valence electrons. The molecule has 6 aromatic rings. The topological polar surface area (TPSA) is 518 Å². The Balaban J connectivity index is 0.733. The maximum atomic E-state index is 15.0. The molecule has 0 saturated carbocycles.